The van der Waals surface area contributed by atoms with E-state index in [2.05, 4.69) is 12.2 Å². The number of nitrogens with two attached hydrogens (primary N) is 2. The first-order valence-electron chi connectivity index (χ1n) is 4.45. The maximum atomic E-state index is 5.37. The van der Waals surface area contributed by atoms with Gasteiger partial charge >= 0.3 is 0 Å². The number of hydrogen-bond donors (Lipinski definition) is 2. The zero-order valence-corrected chi connectivity index (χ0v) is 11.5. The Kier molecular flexibility index (Phi) is 15.1. The van der Waals surface area contributed by atoms with Crippen molar-refractivity contribution >= 4 is 43.2 Å². The first kappa shape index (κ1) is 15.1. The van der Waals surface area contributed by atoms with Crippen molar-refractivity contribution in [3.63, 3.8) is 0 Å². The summed E-state index contributed by atoms with van der Waals surface area (Å²) in [5.74, 6) is 4.23. The van der Waals surface area contributed by atoms with Gasteiger partial charge in [-0.25, -0.2) is 0 Å². The molecule has 0 aromatic rings. The first-order valence-corrected chi connectivity index (χ1v) is 9.43. The SMILES string of the molecule is NCCSSCC=CCSSCCN. The summed E-state index contributed by atoms with van der Waals surface area (Å²) in [6.07, 6.45) is 4.42. The maximum Gasteiger partial charge on any atom is 0.0218 e. The molecular weight excluding hydrogens is 252 g/mol. The van der Waals surface area contributed by atoms with Crippen LogP contribution >= 0.6 is 43.2 Å². The topological polar surface area (TPSA) is 52.0 Å². The predicted octanol–water partition coefficient (Wildman–Crippen LogP) is 2.22. The Morgan fingerprint density at radius 1 is 0.714 bits per heavy atom. The standard InChI is InChI=1S/C8H18N2S4/c9-3-7-13-11-5-1-2-6-12-14-8-4-10/h1-2H,3-10H2. The van der Waals surface area contributed by atoms with E-state index in [1.807, 2.05) is 43.2 Å². The molecule has 0 aliphatic rings. The first-order chi connectivity index (χ1) is 6.91. The summed E-state index contributed by atoms with van der Waals surface area (Å²) in [6, 6.07) is 0. The Morgan fingerprint density at radius 2 is 1.14 bits per heavy atom. The normalized spacial score (nSPS) is 11.3. The summed E-state index contributed by atoms with van der Waals surface area (Å²) in [5.41, 5.74) is 10.7. The molecule has 4 N–H and O–H groups in total. The van der Waals surface area contributed by atoms with Crippen molar-refractivity contribution in [2.45, 2.75) is 0 Å². The third-order valence-corrected chi connectivity index (χ3v) is 5.68. The van der Waals surface area contributed by atoms with Gasteiger partial charge in [-0.05, 0) is 0 Å². The molecule has 0 spiro atoms. The third-order valence-electron chi connectivity index (χ3n) is 1.06. The van der Waals surface area contributed by atoms with Gasteiger partial charge in [0.25, 0.3) is 0 Å². The van der Waals surface area contributed by atoms with Crippen molar-refractivity contribution in [1.82, 2.24) is 0 Å². The third kappa shape index (κ3) is 13.1. The molecule has 14 heavy (non-hydrogen) atoms. The van der Waals surface area contributed by atoms with Crippen LogP contribution in [0.2, 0.25) is 0 Å². The monoisotopic (exact) mass is 270 g/mol. The second kappa shape index (κ2) is 14.1. The van der Waals surface area contributed by atoms with Crippen molar-refractivity contribution in [1.29, 1.82) is 0 Å². The molecule has 0 aliphatic heterocycles. The molecule has 0 aromatic heterocycles. The highest BCUT2D eigenvalue weighted by atomic mass is 33.1. The minimum Gasteiger partial charge on any atom is -0.330 e. The van der Waals surface area contributed by atoms with E-state index in [1.54, 1.807) is 0 Å². The van der Waals surface area contributed by atoms with Crippen LogP contribution in [0.3, 0.4) is 0 Å². The Hall–Kier alpha value is 1.06. The average molecular weight is 271 g/mol. The molecule has 2 nitrogen and oxygen atoms in total. The van der Waals surface area contributed by atoms with Gasteiger partial charge in [0.2, 0.25) is 0 Å². The Balaban J connectivity index is 2.96. The van der Waals surface area contributed by atoms with Crippen LogP contribution in [0.4, 0.5) is 0 Å². The summed E-state index contributed by atoms with van der Waals surface area (Å²) >= 11 is 0. The zero-order chi connectivity index (χ0) is 10.5. The highest BCUT2D eigenvalue weighted by molar-refractivity contribution is 8.77. The van der Waals surface area contributed by atoms with E-state index in [4.69, 9.17) is 11.5 Å². The second-order valence-corrected chi connectivity index (χ2v) is 7.52. The molecule has 0 atom stereocenters. The molecule has 0 aromatic carbocycles. The van der Waals surface area contributed by atoms with Crippen LogP contribution in [0.15, 0.2) is 12.2 Å². The molecule has 84 valence electrons. The highest BCUT2D eigenvalue weighted by Gasteiger charge is 1.86. The fraction of sp³-hybridized carbons (Fsp3) is 0.750. The van der Waals surface area contributed by atoms with Crippen LogP contribution < -0.4 is 11.5 Å². The Bertz CT molecular complexity index is 119. The molecule has 0 rings (SSSR count). The van der Waals surface area contributed by atoms with E-state index in [0.717, 1.165) is 36.1 Å². The van der Waals surface area contributed by atoms with Gasteiger partial charge < -0.3 is 11.5 Å². The number of rotatable bonds is 10. The fourth-order valence-electron chi connectivity index (χ4n) is 0.525. The van der Waals surface area contributed by atoms with E-state index < -0.39 is 0 Å². The summed E-state index contributed by atoms with van der Waals surface area (Å²) < 4.78 is 0. The largest absolute Gasteiger partial charge is 0.330 e. The van der Waals surface area contributed by atoms with Gasteiger partial charge in [0.1, 0.15) is 0 Å². The molecule has 0 heterocycles. The molecular formula is C8H18N2S4. The van der Waals surface area contributed by atoms with Gasteiger partial charge in [0.05, 0.1) is 0 Å². The highest BCUT2D eigenvalue weighted by Crippen LogP contribution is 2.21. The van der Waals surface area contributed by atoms with E-state index in [1.165, 1.54) is 0 Å². The van der Waals surface area contributed by atoms with Gasteiger partial charge in [-0.1, -0.05) is 55.3 Å². The van der Waals surface area contributed by atoms with Crippen LogP contribution in [0.25, 0.3) is 0 Å². The molecule has 6 heteroatoms. The van der Waals surface area contributed by atoms with Crippen LogP contribution in [0, 0.1) is 0 Å². The Morgan fingerprint density at radius 3 is 1.50 bits per heavy atom. The maximum absolute atomic E-state index is 5.37. The lowest BCUT2D eigenvalue weighted by Crippen LogP contribution is -1.99. The molecule has 0 saturated heterocycles. The van der Waals surface area contributed by atoms with E-state index >= 15 is 0 Å². The van der Waals surface area contributed by atoms with Crippen LogP contribution in [0.1, 0.15) is 0 Å². The van der Waals surface area contributed by atoms with Gasteiger partial charge in [0, 0.05) is 36.1 Å². The van der Waals surface area contributed by atoms with Crippen molar-refractivity contribution in [3.8, 4) is 0 Å². The minimum atomic E-state index is 0.771. The van der Waals surface area contributed by atoms with E-state index in [-0.39, 0.29) is 0 Å². The predicted molar refractivity (Wildman–Crippen MR) is 77.1 cm³/mol. The molecule has 0 amide bonds. The summed E-state index contributed by atoms with van der Waals surface area (Å²) in [4.78, 5) is 0. The minimum absolute atomic E-state index is 0.771. The zero-order valence-electron chi connectivity index (χ0n) is 8.19. The van der Waals surface area contributed by atoms with Crippen molar-refractivity contribution in [2.75, 3.05) is 36.1 Å². The summed E-state index contributed by atoms with van der Waals surface area (Å²) in [7, 11) is 7.39. The molecule has 0 aliphatic carbocycles. The lowest BCUT2D eigenvalue weighted by atomic mass is 10.6. The molecule has 0 fully saturated rings. The van der Waals surface area contributed by atoms with Gasteiger partial charge in [-0.3, -0.25) is 0 Å². The summed E-state index contributed by atoms with van der Waals surface area (Å²) in [6.45, 7) is 1.54. The molecule has 0 saturated carbocycles. The van der Waals surface area contributed by atoms with Crippen LogP contribution in [0.5, 0.6) is 0 Å². The van der Waals surface area contributed by atoms with Crippen LogP contribution in [-0.2, 0) is 0 Å². The van der Waals surface area contributed by atoms with Crippen LogP contribution in [-0.4, -0.2) is 36.1 Å². The van der Waals surface area contributed by atoms with E-state index in [0.29, 0.717) is 0 Å². The van der Waals surface area contributed by atoms with E-state index in [9.17, 15) is 0 Å². The quantitative estimate of drug-likeness (QED) is 0.361. The van der Waals surface area contributed by atoms with Crippen molar-refractivity contribution in [2.24, 2.45) is 11.5 Å². The average Bonchev–Trinajstić information content (AvgIpc) is 2.21. The lowest BCUT2D eigenvalue weighted by molar-refractivity contribution is 1.16. The summed E-state index contributed by atoms with van der Waals surface area (Å²) in [5, 5.41) is 0. The second-order valence-electron chi connectivity index (χ2n) is 2.26. The molecule has 0 radical (unpaired) electrons. The Labute approximate surface area is 103 Å². The smallest absolute Gasteiger partial charge is 0.0218 e. The van der Waals surface area contributed by atoms with Gasteiger partial charge in [-0.2, -0.15) is 0 Å². The fourth-order valence-corrected chi connectivity index (χ4v) is 3.91. The number of hydrogen-bond acceptors (Lipinski definition) is 6. The molecule has 0 unspecified atom stereocenters. The lowest BCUT2D eigenvalue weighted by Gasteiger charge is -1.95. The van der Waals surface area contributed by atoms with Gasteiger partial charge in [0.15, 0.2) is 0 Å². The molecule has 0 bridgehead atoms. The van der Waals surface area contributed by atoms with Crippen molar-refractivity contribution < 1.29 is 0 Å². The van der Waals surface area contributed by atoms with Crippen molar-refractivity contribution in [3.05, 3.63) is 12.2 Å². The van der Waals surface area contributed by atoms with Gasteiger partial charge in [-0.15, -0.1) is 0 Å².